The van der Waals surface area contributed by atoms with Crippen LogP contribution in [0, 0.1) is 5.82 Å². The average molecular weight is 381 g/mol. The number of ether oxygens (including phenoxy) is 1. The van der Waals surface area contributed by atoms with Gasteiger partial charge in [-0.15, -0.1) is 10.2 Å². The first-order valence-electron chi connectivity index (χ1n) is 7.47. The van der Waals surface area contributed by atoms with Crippen LogP contribution in [0.1, 0.15) is 5.76 Å². The van der Waals surface area contributed by atoms with Gasteiger partial charge in [0.2, 0.25) is 5.13 Å². The number of aliphatic hydroxyl groups is 1. The van der Waals surface area contributed by atoms with Crippen molar-refractivity contribution >= 4 is 33.9 Å². The molecule has 6 nitrogen and oxygen atoms in total. The number of halogens is 1. The molecule has 0 aliphatic rings. The molecule has 0 bridgehead atoms. The fourth-order valence-corrected chi connectivity index (χ4v) is 3.60. The molecule has 132 valence electrons. The highest BCUT2D eigenvalue weighted by Crippen LogP contribution is 2.28. The van der Waals surface area contributed by atoms with Gasteiger partial charge in [-0.1, -0.05) is 35.2 Å². The van der Waals surface area contributed by atoms with E-state index in [9.17, 15) is 9.50 Å². The third kappa shape index (κ3) is 5.53. The number of rotatable bonds is 9. The zero-order valence-corrected chi connectivity index (χ0v) is 14.7. The number of nitrogens with zero attached hydrogens (tertiary/aromatic N) is 2. The molecular weight excluding hydrogens is 365 g/mol. The maximum atomic E-state index is 13.6. The molecule has 0 fully saturated rings. The standard InChI is InChI=1S/C16H16FN3O3S2/c17-13-5-1-2-6-14(13)18-15-19-20-16(25-15)24-10-11(21)8-22-9-12-4-3-7-23-12/h1-7,11,21H,8-10H2,(H,18,19). The number of furan rings is 1. The van der Waals surface area contributed by atoms with Crippen LogP contribution in [0.4, 0.5) is 15.2 Å². The van der Waals surface area contributed by atoms with Gasteiger partial charge >= 0.3 is 0 Å². The monoisotopic (exact) mass is 381 g/mol. The molecule has 1 unspecified atom stereocenters. The minimum atomic E-state index is -0.633. The van der Waals surface area contributed by atoms with E-state index in [4.69, 9.17) is 9.15 Å². The zero-order valence-electron chi connectivity index (χ0n) is 13.1. The van der Waals surface area contributed by atoms with E-state index >= 15 is 0 Å². The number of benzene rings is 1. The average Bonchev–Trinajstić information content (AvgIpc) is 3.27. The molecule has 2 N–H and O–H groups in total. The fraction of sp³-hybridized carbons (Fsp3) is 0.250. The van der Waals surface area contributed by atoms with Crippen LogP contribution in [0.15, 0.2) is 51.4 Å². The number of hydrogen-bond donors (Lipinski definition) is 2. The predicted octanol–water partition coefficient (Wildman–Crippen LogP) is 3.68. The number of hydrogen-bond acceptors (Lipinski definition) is 8. The van der Waals surface area contributed by atoms with E-state index in [1.165, 1.54) is 29.2 Å². The van der Waals surface area contributed by atoms with Crippen LogP contribution in [0.2, 0.25) is 0 Å². The molecule has 3 aromatic rings. The molecule has 2 heterocycles. The third-order valence-electron chi connectivity index (χ3n) is 3.06. The molecule has 1 aromatic carbocycles. The van der Waals surface area contributed by atoms with Crippen LogP contribution in [0.25, 0.3) is 0 Å². The number of aromatic nitrogens is 2. The van der Waals surface area contributed by atoms with Crippen LogP contribution in [-0.4, -0.2) is 33.8 Å². The summed E-state index contributed by atoms with van der Waals surface area (Å²) in [6, 6.07) is 9.96. The summed E-state index contributed by atoms with van der Waals surface area (Å²) in [6.45, 7) is 0.525. The van der Waals surface area contributed by atoms with E-state index in [0.29, 0.717) is 33.3 Å². The van der Waals surface area contributed by atoms with Crippen molar-refractivity contribution in [2.75, 3.05) is 17.7 Å². The highest BCUT2D eigenvalue weighted by Gasteiger charge is 2.11. The Bertz CT molecular complexity index is 783. The van der Waals surface area contributed by atoms with Crippen molar-refractivity contribution in [3.05, 3.63) is 54.2 Å². The van der Waals surface area contributed by atoms with Gasteiger partial charge in [-0.3, -0.25) is 0 Å². The highest BCUT2D eigenvalue weighted by atomic mass is 32.2. The van der Waals surface area contributed by atoms with Gasteiger partial charge < -0.3 is 19.6 Å². The van der Waals surface area contributed by atoms with E-state index < -0.39 is 6.10 Å². The Kier molecular flexibility index (Phi) is 6.40. The van der Waals surface area contributed by atoms with Gasteiger partial charge in [0, 0.05) is 5.75 Å². The number of aliphatic hydroxyl groups excluding tert-OH is 1. The first-order chi connectivity index (χ1) is 12.2. The summed E-state index contributed by atoms with van der Waals surface area (Å²) in [5.74, 6) is 0.788. The molecule has 9 heteroatoms. The molecular formula is C16H16FN3O3S2. The molecule has 0 spiro atoms. The van der Waals surface area contributed by atoms with Crippen LogP contribution >= 0.6 is 23.1 Å². The number of anilines is 2. The van der Waals surface area contributed by atoms with Gasteiger partial charge in [0.15, 0.2) is 4.34 Å². The molecule has 25 heavy (non-hydrogen) atoms. The third-order valence-corrected chi connectivity index (χ3v) is 5.17. The Morgan fingerprint density at radius 3 is 2.96 bits per heavy atom. The molecule has 1 atom stereocenters. The summed E-state index contributed by atoms with van der Waals surface area (Å²) in [6.07, 6.45) is 0.944. The Morgan fingerprint density at radius 1 is 1.28 bits per heavy atom. The molecule has 0 amide bonds. The van der Waals surface area contributed by atoms with Gasteiger partial charge in [0.25, 0.3) is 0 Å². The summed E-state index contributed by atoms with van der Waals surface area (Å²) in [4.78, 5) is 0. The van der Waals surface area contributed by atoms with Crippen LogP contribution < -0.4 is 5.32 Å². The Labute approximate surface area is 152 Å². The minimum Gasteiger partial charge on any atom is -0.467 e. The second-order valence-corrected chi connectivity index (χ2v) is 7.28. The molecule has 3 rings (SSSR count). The number of thioether (sulfide) groups is 1. The van der Waals surface area contributed by atoms with E-state index in [2.05, 4.69) is 15.5 Å². The maximum Gasteiger partial charge on any atom is 0.210 e. The summed E-state index contributed by atoms with van der Waals surface area (Å²) in [7, 11) is 0. The lowest BCUT2D eigenvalue weighted by Gasteiger charge is -2.08. The molecule has 0 aliphatic carbocycles. The van der Waals surface area contributed by atoms with Gasteiger partial charge in [0.05, 0.1) is 24.7 Å². The van der Waals surface area contributed by atoms with Gasteiger partial charge in [-0.2, -0.15) is 0 Å². The van der Waals surface area contributed by atoms with Crippen molar-refractivity contribution in [3.63, 3.8) is 0 Å². The molecule has 2 aromatic heterocycles. The summed E-state index contributed by atoms with van der Waals surface area (Å²) >= 11 is 2.67. The minimum absolute atomic E-state index is 0.201. The van der Waals surface area contributed by atoms with Gasteiger partial charge in [-0.05, 0) is 24.3 Å². The molecule has 0 radical (unpaired) electrons. The molecule has 0 aliphatic heterocycles. The van der Waals surface area contributed by atoms with Crippen LogP contribution in [0.5, 0.6) is 0 Å². The molecule has 0 saturated carbocycles. The number of para-hydroxylation sites is 1. The highest BCUT2D eigenvalue weighted by molar-refractivity contribution is 8.01. The van der Waals surface area contributed by atoms with Crippen molar-refractivity contribution in [1.29, 1.82) is 0 Å². The lowest BCUT2D eigenvalue weighted by molar-refractivity contribution is 0.0328. The smallest absolute Gasteiger partial charge is 0.210 e. The predicted molar refractivity (Wildman–Crippen MR) is 94.7 cm³/mol. The lowest BCUT2D eigenvalue weighted by atomic mass is 10.3. The summed E-state index contributed by atoms with van der Waals surface area (Å²) in [5, 5.41) is 21.3. The first kappa shape index (κ1) is 17.9. The Balaban J connectivity index is 1.41. The van der Waals surface area contributed by atoms with Crippen molar-refractivity contribution in [2.24, 2.45) is 0 Å². The van der Waals surface area contributed by atoms with E-state index in [0.717, 1.165) is 0 Å². The number of nitrogens with one attached hydrogen (secondary N) is 1. The summed E-state index contributed by atoms with van der Waals surface area (Å²) < 4.78 is 24.8. The van der Waals surface area contributed by atoms with E-state index in [1.54, 1.807) is 30.5 Å². The van der Waals surface area contributed by atoms with E-state index in [-0.39, 0.29) is 12.4 Å². The zero-order chi connectivity index (χ0) is 17.5. The topological polar surface area (TPSA) is 80.4 Å². The maximum absolute atomic E-state index is 13.6. The van der Waals surface area contributed by atoms with Gasteiger partial charge in [0.1, 0.15) is 18.2 Å². The normalized spacial score (nSPS) is 12.2. The lowest BCUT2D eigenvalue weighted by Crippen LogP contribution is -2.17. The largest absolute Gasteiger partial charge is 0.467 e. The van der Waals surface area contributed by atoms with Crippen molar-refractivity contribution < 1.29 is 18.7 Å². The van der Waals surface area contributed by atoms with Crippen molar-refractivity contribution in [3.8, 4) is 0 Å². The molecule has 0 saturated heterocycles. The fourth-order valence-electron chi connectivity index (χ4n) is 1.90. The second kappa shape index (κ2) is 8.95. The van der Waals surface area contributed by atoms with Gasteiger partial charge in [-0.25, -0.2) is 4.39 Å². The second-order valence-electron chi connectivity index (χ2n) is 5.04. The Hall–Kier alpha value is -1.94. The van der Waals surface area contributed by atoms with E-state index in [1.807, 2.05) is 6.07 Å². The quantitative estimate of drug-likeness (QED) is 0.547. The van der Waals surface area contributed by atoms with Crippen molar-refractivity contribution in [2.45, 2.75) is 17.1 Å². The first-order valence-corrected chi connectivity index (χ1v) is 9.27. The SMILES string of the molecule is OC(COCc1ccco1)CSc1nnc(Nc2ccccc2F)s1. The summed E-state index contributed by atoms with van der Waals surface area (Å²) in [5.41, 5.74) is 0.349. The Morgan fingerprint density at radius 2 is 2.16 bits per heavy atom. The van der Waals surface area contributed by atoms with Crippen LogP contribution in [-0.2, 0) is 11.3 Å². The van der Waals surface area contributed by atoms with Crippen LogP contribution in [0.3, 0.4) is 0 Å². The van der Waals surface area contributed by atoms with Crippen molar-refractivity contribution in [1.82, 2.24) is 10.2 Å².